The molecule has 0 unspecified atom stereocenters. The van der Waals surface area contributed by atoms with E-state index in [1.54, 1.807) is 16.8 Å². The first-order valence-electron chi connectivity index (χ1n) is 9.38. The molecule has 4 aromatic rings. The quantitative estimate of drug-likeness (QED) is 0.544. The molecule has 0 aliphatic carbocycles. The Bertz CT molecular complexity index is 1390. The first-order valence-corrected chi connectivity index (χ1v) is 9.38. The second-order valence-electron chi connectivity index (χ2n) is 7.15. The number of carbonyl (C=O) groups excluding carboxylic acids is 1. The van der Waals surface area contributed by atoms with E-state index in [9.17, 15) is 14.4 Å². The second-order valence-corrected chi connectivity index (χ2v) is 7.15. The van der Waals surface area contributed by atoms with Gasteiger partial charge in [-0.1, -0.05) is 30.3 Å². The number of amides is 1. The molecule has 30 heavy (non-hydrogen) atoms. The number of primary amides is 1. The van der Waals surface area contributed by atoms with Crippen LogP contribution in [0.1, 0.15) is 30.4 Å². The van der Waals surface area contributed by atoms with Gasteiger partial charge >= 0.3 is 0 Å². The molecule has 3 heterocycles. The zero-order valence-electron chi connectivity index (χ0n) is 16.4. The van der Waals surface area contributed by atoms with Crippen LogP contribution in [-0.4, -0.2) is 25.4 Å². The van der Waals surface area contributed by atoms with Gasteiger partial charge < -0.3 is 15.3 Å². The summed E-state index contributed by atoms with van der Waals surface area (Å²) in [7, 11) is 0. The topological polar surface area (TPSA) is 124 Å². The molecule has 8 heteroatoms. The van der Waals surface area contributed by atoms with E-state index >= 15 is 0 Å². The Hall–Kier alpha value is -4.07. The van der Waals surface area contributed by atoms with Crippen LogP contribution in [0.25, 0.3) is 33.7 Å². The summed E-state index contributed by atoms with van der Waals surface area (Å²) >= 11 is 0. The van der Waals surface area contributed by atoms with Crippen LogP contribution in [0.3, 0.4) is 0 Å². The Morgan fingerprint density at radius 1 is 1.00 bits per heavy atom. The van der Waals surface area contributed by atoms with Gasteiger partial charge in [-0.2, -0.15) is 0 Å². The van der Waals surface area contributed by atoms with E-state index in [2.05, 4.69) is 15.0 Å². The van der Waals surface area contributed by atoms with Gasteiger partial charge in [0.25, 0.3) is 11.5 Å². The number of nitrogens with two attached hydrogens (primary N) is 1. The lowest BCUT2D eigenvalue weighted by Gasteiger charge is -2.14. The molecule has 0 radical (unpaired) electrons. The van der Waals surface area contributed by atoms with Crippen molar-refractivity contribution in [2.75, 3.05) is 0 Å². The maximum atomic E-state index is 12.6. The number of nitrogens with zero attached hydrogens (tertiary/aromatic N) is 3. The monoisotopic (exact) mass is 401 g/mol. The van der Waals surface area contributed by atoms with Gasteiger partial charge in [-0.15, -0.1) is 0 Å². The minimum absolute atomic E-state index is 0.0399. The fourth-order valence-corrected chi connectivity index (χ4v) is 3.24. The molecule has 0 atom stereocenters. The van der Waals surface area contributed by atoms with Crippen molar-refractivity contribution in [1.29, 1.82) is 0 Å². The van der Waals surface area contributed by atoms with E-state index in [0.29, 0.717) is 17.0 Å². The van der Waals surface area contributed by atoms with E-state index in [1.807, 2.05) is 44.2 Å². The van der Waals surface area contributed by atoms with Crippen LogP contribution in [-0.2, 0) is 0 Å². The number of nitrogens with one attached hydrogen (secondary N) is 1. The van der Waals surface area contributed by atoms with Crippen molar-refractivity contribution >= 4 is 17.1 Å². The zero-order chi connectivity index (χ0) is 21.4. The molecule has 0 saturated heterocycles. The standard InChI is InChI=1S/C22H19N5O3/c1-12(2)27-11-14(8-9-17(27)29)19-18(13-6-4-3-5-7-13)26-22-20(25-19)16(28)10-15(24-22)21(23)30/h3-12H,1-2H3,(H2,23,30)(H,24,26,28). The van der Waals surface area contributed by atoms with E-state index in [-0.39, 0.29) is 28.5 Å². The summed E-state index contributed by atoms with van der Waals surface area (Å²) < 4.78 is 1.59. The maximum Gasteiger partial charge on any atom is 0.265 e. The number of hydrogen-bond donors (Lipinski definition) is 2. The highest BCUT2D eigenvalue weighted by Crippen LogP contribution is 2.29. The molecule has 3 N–H and O–H groups in total. The maximum absolute atomic E-state index is 12.6. The molecule has 4 rings (SSSR count). The smallest absolute Gasteiger partial charge is 0.265 e. The third kappa shape index (κ3) is 3.39. The number of pyridine rings is 2. The normalized spacial score (nSPS) is 11.2. The molecular formula is C22H19N5O3. The van der Waals surface area contributed by atoms with Crippen molar-refractivity contribution in [2.45, 2.75) is 19.9 Å². The summed E-state index contributed by atoms with van der Waals surface area (Å²) in [6.45, 7) is 3.82. The van der Waals surface area contributed by atoms with Crippen molar-refractivity contribution in [1.82, 2.24) is 19.5 Å². The van der Waals surface area contributed by atoms with Gasteiger partial charge in [-0.05, 0) is 19.9 Å². The van der Waals surface area contributed by atoms with E-state index in [0.717, 1.165) is 11.6 Å². The van der Waals surface area contributed by atoms with Gasteiger partial charge in [-0.25, -0.2) is 9.97 Å². The predicted molar refractivity (Wildman–Crippen MR) is 114 cm³/mol. The number of rotatable bonds is 4. The predicted octanol–water partition coefficient (Wildman–Crippen LogP) is 2.49. The van der Waals surface area contributed by atoms with Gasteiger partial charge in [0.1, 0.15) is 5.69 Å². The number of hydrogen-bond acceptors (Lipinski definition) is 5. The van der Waals surface area contributed by atoms with Crippen molar-refractivity contribution in [3.63, 3.8) is 0 Å². The van der Waals surface area contributed by atoms with Crippen LogP contribution < -0.4 is 16.7 Å². The Morgan fingerprint density at radius 3 is 2.37 bits per heavy atom. The highest BCUT2D eigenvalue weighted by atomic mass is 16.1. The van der Waals surface area contributed by atoms with Crippen LogP contribution in [0, 0.1) is 0 Å². The summed E-state index contributed by atoms with van der Waals surface area (Å²) in [6.07, 6.45) is 1.71. The number of aromatic nitrogens is 4. The van der Waals surface area contributed by atoms with Crippen LogP contribution in [0.5, 0.6) is 0 Å². The average molecular weight is 401 g/mol. The highest BCUT2D eigenvalue weighted by Gasteiger charge is 2.17. The first kappa shape index (κ1) is 19.3. The molecule has 0 fully saturated rings. The minimum Gasteiger partial charge on any atom is -0.364 e. The zero-order valence-corrected chi connectivity index (χ0v) is 16.4. The average Bonchev–Trinajstić information content (AvgIpc) is 2.73. The van der Waals surface area contributed by atoms with Gasteiger partial charge in [0, 0.05) is 35.5 Å². The van der Waals surface area contributed by atoms with Gasteiger partial charge in [0.2, 0.25) is 5.43 Å². The number of fused-ring (bicyclic) bond motifs is 1. The van der Waals surface area contributed by atoms with E-state index in [4.69, 9.17) is 5.73 Å². The fourth-order valence-electron chi connectivity index (χ4n) is 3.24. The van der Waals surface area contributed by atoms with Crippen molar-refractivity contribution in [3.05, 3.63) is 81.0 Å². The molecular weight excluding hydrogens is 382 g/mol. The highest BCUT2D eigenvalue weighted by molar-refractivity contribution is 5.93. The third-order valence-electron chi connectivity index (χ3n) is 4.74. The van der Waals surface area contributed by atoms with Gasteiger partial charge in [0.05, 0.1) is 11.4 Å². The summed E-state index contributed by atoms with van der Waals surface area (Å²) in [5.41, 5.74) is 7.30. The largest absolute Gasteiger partial charge is 0.364 e. The first-order chi connectivity index (χ1) is 14.3. The molecule has 0 aliphatic rings. The Kier molecular flexibility index (Phi) is 4.75. The number of H-pyrrole nitrogens is 1. The lowest BCUT2D eigenvalue weighted by Crippen LogP contribution is -2.20. The summed E-state index contributed by atoms with van der Waals surface area (Å²) in [5, 5.41) is 0. The Balaban J connectivity index is 2.08. The van der Waals surface area contributed by atoms with Crippen LogP contribution in [0.15, 0.2) is 64.3 Å². The van der Waals surface area contributed by atoms with Crippen LogP contribution in [0.4, 0.5) is 0 Å². The van der Waals surface area contributed by atoms with Crippen molar-refractivity contribution < 1.29 is 4.79 Å². The van der Waals surface area contributed by atoms with E-state index < -0.39 is 11.3 Å². The van der Waals surface area contributed by atoms with Crippen LogP contribution in [0.2, 0.25) is 0 Å². The summed E-state index contributed by atoms with van der Waals surface area (Å²) in [5.74, 6) is -0.759. The molecule has 0 spiro atoms. The Labute approximate surface area is 171 Å². The van der Waals surface area contributed by atoms with Crippen molar-refractivity contribution in [2.24, 2.45) is 5.73 Å². The number of carbonyl (C=O) groups is 1. The fraction of sp³-hybridized carbons (Fsp3) is 0.136. The number of aromatic amines is 1. The summed E-state index contributed by atoms with van der Waals surface area (Å²) in [6, 6.07) is 13.5. The lowest BCUT2D eigenvalue weighted by molar-refractivity contribution is 0.0996. The molecule has 0 saturated carbocycles. The molecule has 0 bridgehead atoms. The van der Waals surface area contributed by atoms with E-state index in [1.165, 1.54) is 6.07 Å². The summed E-state index contributed by atoms with van der Waals surface area (Å²) in [4.78, 5) is 48.3. The van der Waals surface area contributed by atoms with Crippen LogP contribution >= 0.6 is 0 Å². The molecule has 1 amide bonds. The second kappa shape index (κ2) is 7.40. The molecule has 1 aromatic carbocycles. The lowest BCUT2D eigenvalue weighted by atomic mass is 10.0. The third-order valence-corrected chi connectivity index (χ3v) is 4.74. The van der Waals surface area contributed by atoms with Gasteiger partial charge in [-0.3, -0.25) is 14.4 Å². The molecule has 0 aliphatic heterocycles. The Morgan fingerprint density at radius 2 is 1.70 bits per heavy atom. The molecule has 8 nitrogen and oxygen atoms in total. The number of benzene rings is 1. The minimum atomic E-state index is -0.759. The molecule has 3 aromatic heterocycles. The van der Waals surface area contributed by atoms with Crippen molar-refractivity contribution in [3.8, 4) is 22.5 Å². The van der Waals surface area contributed by atoms with Gasteiger partial charge in [0.15, 0.2) is 11.2 Å². The SMILES string of the molecule is CC(C)n1cc(-c2nc3c(=O)cc(C(N)=O)[nH]c3nc2-c2ccccc2)ccc1=O. The molecule has 150 valence electrons.